The van der Waals surface area contributed by atoms with Gasteiger partial charge in [-0.2, -0.15) is 5.10 Å². The molecule has 1 rings (SSSR count). The Morgan fingerprint density at radius 1 is 1.57 bits per heavy atom. The molecule has 0 fully saturated rings. The van der Waals surface area contributed by atoms with Crippen molar-refractivity contribution in [2.24, 2.45) is 5.10 Å². The van der Waals surface area contributed by atoms with Crippen LogP contribution in [0.15, 0.2) is 41.2 Å². The third-order valence-corrected chi connectivity index (χ3v) is 1.99. The Morgan fingerprint density at radius 2 is 2.43 bits per heavy atom. The molecule has 0 unspecified atom stereocenters. The molecule has 0 bridgehead atoms. The van der Waals surface area contributed by atoms with Crippen LogP contribution in [-0.4, -0.2) is 17.8 Å². The molecule has 1 aliphatic rings. The summed E-state index contributed by atoms with van der Waals surface area (Å²) in [4.78, 5) is 0. The predicted octanol–water partition coefficient (Wildman–Crippen LogP) is 3.10. The van der Waals surface area contributed by atoms with Crippen LogP contribution in [0.4, 0.5) is 0 Å². The van der Waals surface area contributed by atoms with Crippen molar-refractivity contribution in [3.63, 3.8) is 0 Å². The maximum atomic E-state index is 4.37. The monoisotopic (exact) mass is 190 g/mol. The van der Waals surface area contributed by atoms with Gasteiger partial charge in [0.25, 0.3) is 0 Å². The number of hydrogen-bond donors (Lipinski definition) is 0. The van der Waals surface area contributed by atoms with Crippen LogP contribution in [0, 0.1) is 0 Å². The quantitative estimate of drug-likeness (QED) is 0.624. The highest BCUT2D eigenvalue weighted by Crippen LogP contribution is 2.14. The first kappa shape index (κ1) is 10.8. The van der Waals surface area contributed by atoms with Gasteiger partial charge < -0.3 is 0 Å². The molecule has 0 aromatic carbocycles. The van der Waals surface area contributed by atoms with E-state index in [9.17, 15) is 0 Å². The first-order valence-electron chi connectivity index (χ1n) is 5.18. The average Bonchev–Trinajstić information content (AvgIpc) is 2.21. The summed E-state index contributed by atoms with van der Waals surface area (Å²) in [6, 6.07) is 0. The summed E-state index contributed by atoms with van der Waals surface area (Å²) in [5.74, 6) is 0. The van der Waals surface area contributed by atoms with E-state index in [-0.39, 0.29) is 0 Å². The molecule has 76 valence electrons. The largest absolute Gasteiger partial charge is 0.266 e. The number of hydrogen-bond acceptors (Lipinski definition) is 2. The summed E-state index contributed by atoms with van der Waals surface area (Å²) in [6.07, 6.45) is 14.4. The Balaban J connectivity index is 2.66. The highest BCUT2D eigenvalue weighted by molar-refractivity contribution is 5.70. The van der Waals surface area contributed by atoms with Crippen molar-refractivity contribution in [3.05, 3.63) is 36.1 Å². The van der Waals surface area contributed by atoms with E-state index in [0.717, 1.165) is 19.4 Å². The molecule has 0 aliphatic carbocycles. The lowest BCUT2D eigenvalue weighted by Gasteiger charge is -2.22. The SMILES string of the molecule is C/C=C\C=N/N1CCC=C/C1=C\CC. The number of nitrogens with zero attached hydrogens (tertiary/aromatic N) is 2. The third kappa shape index (κ3) is 3.21. The Hall–Kier alpha value is -1.31. The molecule has 1 aliphatic heterocycles. The maximum absolute atomic E-state index is 4.37. The van der Waals surface area contributed by atoms with Gasteiger partial charge in [0.15, 0.2) is 0 Å². The summed E-state index contributed by atoms with van der Waals surface area (Å²) >= 11 is 0. The van der Waals surface area contributed by atoms with Gasteiger partial charge in [-0.1, -0.05) is 25.2 Å². The Bertz CT molecular complexity index is 272. The van der Waals surface area contributed by atoms with Gasteiger partial charge in [-0.15, -0.1) is 0 Å². The van der Waals surface area contributed by atoms with Crippen LogP contribution >= 0.6 is 0 Å². The van der Waals surface area contributed by atoms with Crippen LogP contribution in [0.25, 0.3) is 0 Å². The average molecular weight is 190 g/mol. The minimum Gasteiger partial charge on any atom is -0.266 e. The molecule has 0 aromatic heterocycles. The van der Waals surface area contributed by atoms with Crippen molar-refractivity contribution < 1.29 is 0 Å². The first-order valence-corrected chi connectivity index (χ1v) is 5.18. The molecule has 1 heterocycles. The van der Waals surface area contributed by atoms with Crippen molar-refractivity contribution in [1.82, 2.24) is 5.01 Å². The van der Waals surface area contributed by atoms with Crippen molar-refractivity contribution >= 4 is 6.21 Å². The fourth-order valence-electron chi connectivity index (χ4n) is 1.33. The van der Waals surface area contributed by atoms with E-state index >= 15 is 0 Å². The van der Waals surface area contributed by atoms with E-state index in [4.69, 9.17) is 0 Å². The van der Waals surface area contributed by atoms with E-state index in [1.807, 2.05) is 30.3 Å². The molecule has 0 saturated carbocycles. The van der Waals surface area contributed by atoms with Crippen LogP contribution < -0.4 is 0 Å². The van der Waals surface area contributed by atoms with Crippen LogP contribution in [-0.2, 0) is 0 Å². The van der Waals surface area contributed by atoms with Gasteiger partial charge in [-0.25, -0.2) is 0 Å². The molecule has 0 atom stereocenters. The highest BCUT2D eigenvalue weighted by Gasteiger charge is 2.06. The smallest absolute Gasteiger partial charge is 0.0550 e. The van der Waals surface area contributed by atoms with Crippen molar-refractivity contribution in [2.75, 3.05) is 6.54 Å². The van der Waals surface area contributed by atoms with Gasteiger partial charge in [0.2, 0.25) is 0 Å². The van der Waals surface area contributed by atoms with E-state index in [0.29, 0.717) is 0 Å². The highest BCUT2D eigenvalue weighted by atomic mass is 15.5. The van der Waals surface area contributed by atoms with E-state index in [2.05, 4.69) is 30.3 Å². The van der Waals surface area contributed by atoms with Gasteiger partial charge in [-0.05, 0) is 31.9 Å². The van der Waals surface area contributed by atoms with E-state index < -0.39 is 0 Å². The van der Waals surface area contributed by atoms with Gasteiger partial charge in [0.1, 0.15) is 0 Å². The lowest BCUT2D eigenvalue weighted by Crippen LogP contribution is -2.19. The molecule has 0 saturated heterocycles. The van der Waals surface area contributed by atoms with Crippen LogP contribution in [0.5, 0.6) is 0 Å². The summed E-state index contributed by atoms with van der Waals surface area (Å²) in [7, 11) is 0. The first-order chi connectivity index (χ1) is 6.88. The second-order valence-electron chi connectivity index (χ2n) is 3.14. The second-order valence-corrected chi connectivity index (χ2v) is 3.14. The Labute approximate surface area is 86.3 Å². The second kappa shape index (κ2) is 6.19. The van der Waals surface area contributed by atoms with Crippen molar-refractivity contribution in [2.45, 2.75) is 26.7 Å². The normalized spacial score (nSPS) is 20.4. The molecule has 0 N–H and O–H groups in total. The van der Waals surface area contributed by atoms with Gasteiger partial charge >= 0.3 is 0 Å². The zero-order valence-electron chi connectivity index (χ0n) is 8.98. The lowest BCUT2D eigenvalue weighted by molar-refractivity contribution is 0.374. The molecule has 2 nitrogen and oxygen atoms in total. The molecular weight excluding hydrogens is 172 g/mol. The predicted molar refractivity (Wildman–Crippen MR) is 62.1 cm³/mol. The molecule has 0 aromatic rings. The summed E-state index contributed by atoms with van der Waals surface area (Å²) < 4.78 is 0. The van der Waals surface area contributed by atoms with Crippen LogP contribution in [0.3, 0.4) is 0 Å². The molecule has 2 heteroatoms. The minimum atomic E-state index is 0.983. The van der Waals surface area contributed by atoms with Crippen LogP contribution in [0.2, 0.25) is 0 Å². The maximum Gasteiger partial charge on any atom is 0.0550 e. The fraction of sp³-hybridized carbons (Fsp3) is 0.417. The van der Waals surface area contributed by atoms with Crippen LogP contribution in [0.1, 0.15) is 26.7 Å². The molecule has 0 spiro atoms. The lowest BCUT2D eigenvalue weighted by atomic mass is 10.2. The van der Waals surface area contributed by atoms with E-state index in [1.165, 1.54) is 5.70 Å². The fourth-order valence-corrected chi connectivity index (χ4v) is 1.33. The summed E-state index contributed by atoms with van der Waals surface area (Å²) in [6.45, 7) is 5.12. The van der Waals surface area contributed by atoms with Gasteiger partial charge in [0.05, 0.1) is 5.70 Å². The van der Waals surface area contributed by atoms with Crippen molar-refractivity contribution in [3.8, 4) is 0 Å². The van der Waals surface area contributed by atoms with E-state index in [1.54, 1.807) is 0 Å². The minimum absolute atomic E-state index is 0.983. The summed E-state index contributed by atoms with van der Waals surface area (Å²) in [5.41, 5.74) is 1.21. The molecule has 14 heavy (non-hydrogen) atoms. The Morgan fingerprint density at radius 3 is 3.14 bits per heavy atom. The topological polar surface area (TPSA) is 15.6 Å². The molecule has 0 radical (unpaired) electrons. The summed E-state index contributed by atoms with van der Waals surface area (Å²) in [5, 5.41) is 6.42. The zero-order valence-corrected chi connectivity index (χ0v) is 8.98. The number of hydrazone groups is 1. The zero-order chi connectivity index (χ0) is 10.2. The number of rotatable bonds is 3. The standard InChI is InChI=1S/C12H18N2/c1-3-5-10-13-14-11-7-6-9-12(14)8-4-2/h3,5-6,8-10H,4,7,11H2,1-2H3/b5-3-,12-8+,13-10-. The van der Waals surface area contributed by atoms with Gasteiger partial charge in [-0.3, -0.25) is 5.01 Å². The van der Waals surface area contributed by atoms with Gasteiger partial charge in [0, 0.05) is 12.8 Å². The Kier molecular flexibility index (Phi) is 4.76. The third-order valence-electron chi connectivity index (χ3n) is 1.99. The molecule has 0 amide bonds. The van der Waals surface area contributed by atoms with Crippen molar-refractivity contribution in [1.29, 1.82) is 0 Å². The molecular formula is C12H18N2. The number of allylic oxidation sites excluding steroid dienone is 4.